The molecule has 0 aromatic heterocycles. The monoisotopic (exact) mass is 221 g/mol. The Morgan fingerprint density at radius 3 is 2.15 bits per heavy atom. The summed E-state index contributed by atoms with van der Waals surface area (Å²) >= 11 is 0. The van der Waals surface area contributed by atoms with Crippen molar-refractivity contribution >= 4 is 18.4 Å². The lowest BCUT2D eigenvalue weighted by Crippen LogP contribution is -2.35. The zero-order valence-electron chi connectivity index (χ0n) is 6.84. The van der Waals surface area contributed by atoms with E-state index in [2.05, 4.69) is 0 Å². The average Bonchev–Trinajstić information content (AvgIpc) is 1.85. The SMILES string of the molecule is C[C@H](CC(N)C(=O)O)C(F)(F)F.Cl. The molecule has 0 aromatic carbocycles. The lowest BCUT2D eigenvalue weighted by molar-refractivity contribution is -0.173. The van der Waals surface area contributed by atoms with Crippen LogP contribution >= 0.6 is 12.4 Å². The van der Waals surface area contributed by atoms with E-state index in [9.17, 15) is 18.0 Å². The molecular weight excluding hydrogens is 211 g/mol. The molecule has 0 aliphatic heterocycles. The largest absolute Gasteiger partial charge is 0.480 e. The Bertz CT molecular complexity index is 174. The molecule has 0 fully saturated rings. The maximum absolute atomic E-state index is 11.8. The number of carboxylic acids is 1. The molecule has 0 aliphatic carbocycles. The van der Waals surface area contributed by atoms with Crippen molar-refractivity contribution in [1.82, 2.24) is 0 Å². The first kappa shape index (κ1) is 15.0. The van der Waals surface area contributed by atoms with Gasteiger partial charge in [0.25, 0.3) is 0 Å². The van der Waals surface area contributed by atoms with Crippen LogP contribution in [0.1, 0.15) is 13.3 Å². The minimum Gasteiger partial charge on any atom is -0.480 e. The maximum atomic E-state index is 11.8. The van der Waals surface area contributed by atoms with E-state index in [1.54, 1.807) is 0 Å². The first-order chi connectivity index (χ1) is 5.25. The summed E-state index contributed by atoms with van der Waals surface area (Å²) in [4.78, 5) is 10.1. The van der Waals surface area contributed by atoms with Gasteiger partial charge in [-0.3, -0.25) is 4.79 Å². The van der Waals surface area contributed by atoms with Gasteiger partial charge in [-0.05, 0) is 6.42 Å². The first-order valence-corrected chi connectivity index (χ1v) is 3.30. The Balaban J connectivity index is 0. The van der Waals surface area contributed by atoms with Crippen molar-refractivity contribution in [3.05, 3.63) is 0 Å². The van der Waals surface area contributed by atoms with Crippen LogP contribution in [-0.4, -0.2) is 23.3 Å². The molecule has 0 aliphatic rings. The second-order valence-corrected chi connectivity index (χ2v) is 2.62. The molecule has 0 saturated heterocycles. The molecule has 0 amide bonds. The maximum Gasteiger partial charge on any atom is 0.391 e. The number of alkyl halides is 3. The van der Waals surface area contributed by atoms with Crippen molar-refractivity contribution in [3.63, 3.8) is 0 Å². The highest BCUT2D eigenvalue weighted by molar-refractivity contribution is 5.85. The number of nitrogens with two attached hydrogens (primary N) is 1. The molecular formula is C6H11ClF3NO2. The quantitative estimate of drug-likeness (QED) is 0.757. The molecule has 0 bridgehead atoms. The van der Waals surface area contributed by atoms with E-state index in [1.807, 2.05) is 0 Å². The van der Waals surface area contributed by atoms with Gasteiger partial charge in [0.15, 0.2) is 0 Å². The third kappa shape index (κ3) is 5.70. The highest BCUT2D eigenvalue weighted by atomic mass is 35.5. The van der Waals surface area contributed by atoms with Gasteiger partial charge in [0.2, 0.25) is 0 Å². The van der Waals surface area contributed by atoms with Crippen LogP contribution in [0.15, 0.2) is 0 Å². The van der Waals surface area contributed by atoms with Crippen LogP contribution in [0.25, 0.3) is 0 Å². The van der Waals surface area contributed by atoms with E-state index in [-0.39, 0.29) is 12.4 Å². The summed E-state index contributed by atoms with van der Waals surface area (Å²) in [7, 11) is 0. The first-order valence-electron chi connectivity index (χ1n) is 3.30. The molecule has 80 valence electrons. The Morgan fingerprint density at radius 1 is 1.54 bits per heavy atom. The van der Waals surface area contributed by atoms with Crippen LogP contribution in [0.4, 0.5) is 13.2 Å². The van der Waals surface area contributed by atoms with Crippen LogP contribution in [-0.2, 0) is 4.79 Å². The van der Waals surface area contributed by atoms with Gasteiger partial charge in [-0.25, -0.2) is 0 Å². The molecule has 1 unspecified atom stereocenters. The number of halogens is 4. The van der Waals surface area contributed by atoms with Crippen LogP contribution < -0.4 is 5.73 Å². The average molecular weight is 222 g/mol. The Labute approximate surface area is 79.5 Å². The number of aliphatic carboxylic acids is 1. The third-order valence-corrected chi connectivity index (χ3v) is 1.48. The number of hydrogen-bond acceptors (Lipinski definition) is 2. The molecule has 7 heteroatoms. The smallest absolute Gasteiger partial charge is 0.391 e. The lowest BCUT2D eigenvalue weighted by Gasteiger charge is -2.16. The lowest BCUT2D eigenvalue weighted by atomic mass is 10.0. The fraction of sp³-hybridized carbons (Fsp3) is 0.833. The highest BCUT2D eigenvalue weighted by Crippen LogP contribution is 2.28. The normalized spacial score (nSPS) is 15.8. The topological polar surface area (TPSA) is 63.3 Å². The summed E-state index contributed by atoms with van der Waals surface area (Å²) in [6.07, 6.45) is -4.95. The van der Waals surface area contributed by atoms with Gasteiger partial charge in [-0.15, -0.1) is 12.4 Å². The highest BCUT2D eigenvalue weighted by Gasteiger charge is 2.37. The summed E-state index contributed by atoms with van der Waals surface area (Å²) in [6.45, 7) is 0.906. The number of carboxylic acid groups (broad SMARTS) is 1. The van der Waals surface area contributed by atoms with Crippen molar-refractivity contribution in [2.24, 2.45) is 11.7 Å². The molecule has 2 atom stereocenters. The second kappa shape index (κ2) is 5.29. The molecule has 0 radical (unpaired) electrons. The van der Waals surface area contributed by atoms with E-state index < -0.39 is 30.5 Å². The standard InChI is InChI=1S/C6H10F3NO2.ClH/c1-3(6(7,8)9)2-4(10)5(11)12;/h3-4H,2,10H2,1H3,(H,11,12);1H/t3-,4?;/m1./s1. The zero-order chi connectivity index (χ0) is 9.94. The van der Waals surface area contributed by atoms with Crippen molar-refractivity contribution < 1.29 is 23.1 Å². The van der Waals surface area contributed by atoms with Crippen molar-refractivity contribution in [2.75, 3.05) is 0 Å². The molecule has 0 aromatic rings. The predicted octanol–water partition coefficient (Wildman–Crippen LogP) is 1.41. The minimum absolute atomic E-state index is 0. The van der Waals surface area contributed by atoms with Crippen LogP contribution in [0.5, 0.6) is 0 Å². The molecule has 0 rings (SSSR count). The van der Waals surface area contributed by atoms with Crippen molar-refractivity contribution in [1.29, 1.82) is 0 Å². The van der Waals surface area contributed by atoms with E-state index >= 15 is 0 Å². The summed E-state index contributed by atoms with van der Waals surface area (Å²) in [5, 5.41) is 8.20. The van der Waals surface area contributed by atoms with Gasteiger partial charge in [-0.2, -0.15) is 13.2 Å². The number of carbonyl (C=O) groups is 1. The van der Waals surface area contributed by atoms with Crippen molar-refractivity contribution in [3.8, 4) is 0 Å². The fourth-order valence-electron chi connectivity index (χ4n) is 0.615. The molecule has 3 N–H and O–H groups in total. The Hall–Kier alpha value is -0.490. The van der Waals surface area contributed by atoms with Crippen molar-refractivity contribution in [2.45, 2.75) is 25.6 Å². The van der Waals surface area contributed by atoms with E-state index in [4.69, 9.17) is 10.8 Å². The molecule has 0 spiro atoms. The van der Waals surface area contributed by atoms with Crippen LogP contribution in [0.3, 0.4) is 0 Å². The van der Waals surface area contributed by atoms with E-state index in [0.29, 0.717) is 0 Å². The van der Waals surface area contributed by atoms with Gasteiger partial charge in [0, 0.05) is 0 Å². The van der Waals surface area contributed by atoms with E-state index in [1.165, 1.54) is 0 Å². The second-order valence-electron chi connectivity index (χ2n) is 2.62. The molecule has 13 heavy (non-hydrogen) atoms. The van der Waals surface area contributed by atoms with Gasteiger partial charge in [-0.1, -0.05) is 6.92 Å². The molecule has 0 heterocycles. The van der Waals surface area contributed by atoms with E-state index in [0.717, 1.165) is 6.92 Å². The van der Waals surface area contributed by atoms with Gasteiger partial charge < -0.3 is 10.8 Å². The van der Waals surface area contributed by atoms with Gasteiger partial charge in [0.1, 0.15) is 6.04 Å². The molecule has 3 nitrogen and oxygen atoms in total. The Morgan fingerprint density at radius 2 is 1.92 bits per heavy atom. The van der Waals surface area contributed by atoms with Crippen LogP contribution in [0.2, 0.25) is 0 Å². The Kier molecular flexibility index (Phi) is 6.10. The summed E-state index contributed by atoms with van der Waals surface area (Å²) < 4.78 is 35.5. The summed E-state index contributed by atoms with van der Waals surface area (Å²) in [5.74, 6) is -3.09. The summed E-state index contributed by atoms with van der Waals surface area (Å²) in [5.41, 5.74) is 4.91. The fourth-order valence-corrected chi connectivity index (χ4v) is 0.615. The minimum atomic E-state index is -4.37. The number of hydrogen-bond donors (Lipinski definition) is 2. The summed E-state index contributed by atoms with van der Waals surface area (Å²) in [6, 6.07) is -1.44. The van der Waals surface area contributed by atoms with Gasteiger partial charge >= 0.3 is 12.1 Å². The third-order valence-electron chi connectivity index (χ3n) is 1.48. The predicted molar refractivity (Wildman–Crippen MR) is 42.7 cm³/mol. The van der Waals surface area contributed by atoms with Gasteiger partial charge in [0.05, 0.1) is 5.92 Å². The molecule has 0 saturated carbocycles. The zero-order valence-corrected chi connectivity index (χ0v) is 7.65. The van der Waals surface area contributed by atoms with Crippen LogP contribution in [0, 0.1) is 5.92 Å². The number of rotatable bonds is 3.